The predicted molar refractivity (Wildman–Crippen MR) is 87.5 cm³/mol. The number of nitrogens with zero attached hydrogens (tertiary/aromatic N) is 4. The zero-order valence-electron chi connectivity index (χ0n) is 13.0. The lowest BCUT2D eigenvalue weighted by atomic mass is 10.2. The van der Waals surface area contributed by atoms with Gasteiger partial charge in [-0.2, -0.15) is 0 Å². The van der Waals surface area contributed by atoms with E-state index in [2.05, 4.69) is 15.3 Å². The van der Waals surface area contributed by atoms with Crippen molar-refractivity contribution in [2.24, 2.45) is 0 Å². The molecule has 0 unspecified atom stereocenters. The molecule has 8 nitrogen and oxygen atoms in total. The molecule has 1 saturated carbocycles. The summed E-state index contributed by atoms with van der Waals surface area (Å²) in [7, 11) is 0. The van der Waals surface area contributed by atoms with Crippen LogP contribution in [0.5, 0.6) is 11.6 Å². The van der Waals surface area contributed by atoms with Crippen LogP contribution in [0.15, 0.2) is 36.8 Å². The van der Waals surface area contributed by atoms with Crippen LogP contribution >= 0.6 is 0 Å². The maximum Gasteiger partial charge on any atom is 0.269 e. The van der Waals surface area contributed by atoms with Crippen molar-refractivity contribution < 1.29 is 9.66 Å². The summed E-state index contributed by atoms with van der Waals surface area (Å²) in [6, 6.07) is 4.97. The Morgan fingerprint density at radius 2 is 2.21 bits per heavy atom. The molecule has 0 atom stereocenters. The van der Waals surface area contributed by atoms with E-state index in [4.69, 9.17) is 4.74 Å². The molecule has 1 aromatic carbocycles. The molecule has 1 aliphatic carbocycles. The van der Waals surface area contributed by atoms with Gasteiger partial charge < -0.3 is 10.1 Å². The number of aromatic nitrogens is 3. The fourth-order valence-electron chi connectivity index (χ4n) is 2.47. The smallest absolute Gasteiger partial charge is 0.269 e. The molecule has 2 heterocycles. The zero-order valence-corrected chi connectivity index (χ0v) is 13.0. The third-order valence-electron chi connectivity index (χ3n) is 3.90. The molecule has 2 aromatic heterocycles. The van der Waals surface area contributed by atoms with Crippen molar-refractivity contribution >= 4 is 17.2 Å². The average molecular weight is 325 g/mol. The summed E-state index contributed by atoms with van der Waals surface area (Å²) in [6.45, 7) is 1.77. The molecule has 122 valence electrons. The van der Waals surface area contributed by atoms with Gasteiger partial charge in [-0.1, -0.05) is 0 Å². The standard InChI is InChI=1S/C16H15N5O3/c1-10-8-12(21(22)23)4-5-13(10)24-14-9-18-15(19-11-2-3-11)16-17-6-7-20(14)16/h4-9,11H,2-3H2,1H3,(H,18,19). The van der Waals surface area contributed by atoms with E-state index in [0.717, 1.165) is 18.7 Å². The highest BCUT2D eigenvalue weighted by Gasteiger charge is 2.23. The van der Waals surface area contributed by atoms with Gasteiger partial charge in [0.25, 0.3) is 5.69 Å². The quantitative estimate of drug-likeness (QED) is 0.571. The van der Waals surface area contributed by atoms with Crippen LogP contribution in [0.4, 0.5) is 11.5 Å². The van der Waals surface area contributed by atoms with Gasteiger partial charge in [0, 0.05) is 30.6 Å². The number of non-ortho nitro benzene ring substituents is 1. The van der Waals surface area contributed by atoms with Gasteiger partial charge in [-0.25, -0.2) is 9.97 Å². The Balaban J connectivity index is 1.67. The number of benzene rings is 1. The Hall–Kier alpha value is -3.16. The first kappa shape index (κ1) is 14.4. The van der Waals surface area contributed by atoms with Crippen LogP contribution in [0, 0.1) is 17.0 Å². The van der Waals surface area contributed by atoms with Gasteiger partial charge in [-0.3, -0.25) is 14.5 Å². The van der Waals surface area contributed by atoms with E-state index in [9.17, 15) is 10.1 Å². The van der Waals surface area contributed by atoms with Crippen molar-refractivity contribution in [2.45, 2.75) is 25.8 Å². The molecule has 0 bridgehead atoms. The largest absolute Gasteiger partial charge is 0.438 e. The lowest BCUT2D eigenvalue weighted by Crippen LogP contribution is -2.06. The van der Waals surface area contributed by atoms with Gasteiger partial charge in [0.1, 0.15) is 5.75 Å². The summed E-state index contributed by atoms with van der Waals surface area (Å²) in [4.78, 5) is 19.1. The number of aryl methyl sites for hydroxylation is 1. The van der Waals surface area contributed by atoms with Crippen molar-refractivity contribution in [1.82, 2.24) is 14.4 Å². The van der Waals surface area contributed by atoms with E-state index < -0.39 is 4.92 Å². The van der Waals surface area contributed by atoms with Gasteiger partial charge in [0.15, 0.2) is 11.5 Å². The minimum absolute atomic E-state index is 0.0368. The summed E-state index contributed by atoms with van der Waals surface area (Å²) >= 11 is 0. The van der Waals surface area contributed by atoms with Gasteiger partial charge in [-0.05, 0) is 31.4 Å². The summed E-state index contributed by atoms with van der Waals surface area (Å²) < 4.78 is 7.71. The van der Waals surface area contributed by atoms with Crippen LogP contribution in [0.1, 0.15) is 18.4 Å². The fraction of sp³-hybridized carbons (Fsp3) is 0.250. The maximum atomic E-state index is 10.8. The van der Waals surface area contributed by atoms with Crippen molar-refractivity contribution in [3.8, 4) is 11.6 Å². The molecule has 1 aliphatic rings. The molecule has 1 fully saturated rings. The van der Waals surface area contributed by atoms with E-state index in [1.54, 1.807) is 36.0 Å². The van der Waals surface area contributed by atoms with Gasteiger partial charge in [-0.15, -0.1) is 0 Å². The minimum Gasteiger partial charge on any atom is -0.438 e. The van der Waals surface area contributed by atoms with Crippen LogP contribution < -0.4 is 10.1 Å². The third kappa shape index (κ3) is 2.62. The number of nitro benzene ring substituents is 1. The summed E-state index contributed by atoms with van der Waals surface area (Å²) in [5.41, 5.74) is 1.41. The number of hydrogen-bond acceptors (Lipinski definition) is 6. The molecular weight excluding hydrogens is 310 g/mol. The normalized spacial score (nSPS) is 13.9. The third-order valence-corrected chi connectivity index (χ3v) is 3.90. The van der Waals surface area contributed by atoms with E-state index in [-0.39, 0.29) is 5.69 Å². The molecule has 1 N–H and O–H groups in total. The molecule has 4 rings (SSSR count). The second-order valence-corrected chi connectivity index (χ2v) is 5.79. The molecule has 0 spiro atoms. The van der Waals surface area contributed by atoms with E-state index in [1.807, 2.05) is 0 Å². The first-order valence-corrected chi connectivity index (χ1v) is 7.63. The first-order chi connectivity index (χ1) is 11.6. The molecule has 8 heteroatoms. The number of ether oxygens (including phenoxy) is 1. The molecular formula is C16H15N5O3. The van der Waals surface area contributed by atoms with Crippen molar-refractivity contribution in [2.75, 3.05) is 5.32 Å². The Bertz CT molecular complexity index is 933. The van der Waals surface area contributed by atoms with Crippen LogP contribution in [-0.4, -0.2) is 25.3 Å². The zero-order chi connectivity index (χ0) is 16.7. The number of fused-ring (bicyclic) bond motifs is 1. The monoisotopic (exact) mass is 325 g/mol. The van der Waals surface area contributed by atoms with E-state index in [1.165, 1.54) is 12.1 Å². The highest BCUT2D eigenvalue weighted by Crippen LogP contribution is 2.31. The Morgan fingerprint density at radius 3 is 2.92 bits per heavy atom. The molecule has 0 aliphatic heterocycles. The molecule has 0 amide bonds. The van der Waals surface area contributed by atoms with Crippen molar-refractivity contribution in [3.05, 3.63) is 52.5 Å². The number of imidazole rings is 1. The van der Waals surface area contributed by atoms with Crippen LogP contribution in [0.25, 0.3) is 5.65 Å². The lowest BCUT2D eigenvalue weighted by Gasteiger charge is -2.12. The predicted octanol–water partition coefficient (Wildman–Crippen LogP) is 3.31. The number of nitro groups is 1. The summed E-state index contributed by atoms with van der Waals surface area (Å²) in [5, 5.41) is 14.2. The second-order valence-electron chi connectivity index (χ2n) is 5.79. The topological polar surface area (TPSA) is 94.6 Å². The Labute approximate surface area is 137 Å². The molecule has 0 saturated heterocycles. The van der Waals surface area contributed by atoms with Crippen molar-refractivity contribution in [1.29, 1.82) is 0 Å². The van der Waals surface area contributed by atoms with E-state index in [0.29, 0.717) is 28.9 Å². The first-order valence-electron chi connectivity index (χ1n) is 7.63. The Kier molecular flexibility index (Phi) is 3.30. The summed E-state index contributed by atoms with van der Waals surface area (Å²) in [5.74, 6) is 1.77. The minimum atomic E-state index is -0.426. The average Bonchev–Trinajstić information content (AvgIpc) is 3.23. The van der Waals surface area contributed by atoms with Gasteiger partial charge in [0.2, 0.25) is 5.88 Å². The highest BCUT2D eigenvalue weighted by atomic mass is 16.6. The fourth-order valence-corrected chi connectivity index (χ4v) is 2.47. The number of anilines is 1. The molecule has 0 radical (unpaired) electrons. The van der Waals surface area contributed by atoms with Crippen LogP contribution in [0.2, 0.25) is 0 Å². The number of nitrogens with one attached hydrogen (secondary N) is 1. The van der Waals surface area contributed by atoms with Crippen LogP contribution in [0.3, 0.4) is 0 Å². The SMILES string of the molecule is Cc1cc([N+](=O)[O-])ccc1Oc1cnc(NC2CC2)c2nccn12. The van der Waals surface area contributed by atoms with Gasteiger partial charge >= 0.3 is 0 Å². The van der Waals surface area contributed by atoms with Crippen LogP contribution in [-0.2, 0) is 0 Å². The lowest BCUT2D eigenvalue weighted by molar-refractivity contribution is -0.384. The number of rotatable bonds is 5. The number of hydrogen-bond donors (Lipinski definition) is 1. The summed E-state index contributed by atoms with van der Waals surface area (Å²) in [6.07, 6.45) is 7.40. The van der Waals surface area contributed by atoms with Crippen molar-refractivity contribution in [3.63, 3.8) is 0 Å². The van der Waals surface area contributed by atoms with Gasteiger partial charge in [0.05, 0.1) is 11.1 Å². The Morgan fingerprint density at radius 1 is 1.38 bits per heavy atom. The highest BCUT2D eigenvalue weighted by molar-refractivity contribution is 5.64. The molecule has 24 heavy (non-hydrogen) atoms. The second kappa shape index (κ2) is 5.48. The van der Waals surface area contributed by atoms with E-state index >= 15 is 0 Å². The maximum absolute atomic E-state index is 10.8. The molecule has 3 aromatic rings.